The molecule has 0 aromatic carbocycles. The predicted molar refractivity (Wildman–Crippen MR) is 66.2 cm³/mol. The van der Waals surface area contributed by atoms with Gasteiger partial charge in [0.05, 0.1) is 0 Å². The molecule has 1 N–H and O–H groups in total. The number of nitrogens with one attached hydrogen (secondary N) is 1. The molecule has 0 unspecified atom stereocenters. The smallest absolute Gasteiger partial charge is 0.0312 e. The summed E-state index contributed by atoms with van der Waals surface area (Å²) in [5.41, 5.74) is 1.32. The number of nitrogens with zero attached hydrogens (tertiary/aromatic N) is 2. The molecule has 0 radical (unpaired) electrons. The zero-order valence-electron chi connectivity index (χ0n) is 10.0. The number of hydrogen-bond donors (Lipinski definition) is 1. The molecule has 3 nitrogen and oxygen atoms in total. The van der Waals surface area contributed by atoms with Gasteiger partial charge in [-0.25, -0.2) is 0 Å². The van der Waals surface area contributed by atoms with Gasteiger partial charge in [0.2, 0.25) is 0 Å². The molecule has 0 spiro atoms. The molecule has 0 amide bonds. The van der Waals surface area contributed by atoms with Crippen LogP contribution in [0.4, 0.5) is 0 Å². The van der Waals surface area contributed by atoms with Gasteiger partial charge in [-0.05, 0) is 18.1 Å². The third-order valence-electron chi connectivity index (χ3n) is 3.20. The van der Waals surface area contributed by atoms with Crippen LogP contribution in [0.1, 0.15) is 25.3 Å². The first kappa shape index (κ1) is 11.6. The van der Waals surface area contributed by atoms with Crippen molar-refractivity contribution in [3.8, 4) is 0 Å². The maximum atomic E-state index is 4.18. The van der Waals surface area contributed by atoms with Crippen molar-refractivity contribution in [2.24, 2.45) is 0 Å². The number of hydrogen-bond acceptors (Lipinski definition) is 3. The number of aromatic nitrogens is 1. The van der Waals surface area contributed by atoms with E-state index in [1.54, 1.807) is 0 Å². The van der Waals surface area contributed by atoms with Gasteiger partial charge in [0.1, 0.15) is 0 Å². The molecule has 16 heavy (non-hydrogen) atoms. The fraction of sp³-hybridized carbons (Fsp3) is 0.615. The molecule has 2 rings (SSSR count). The molecule has 1 fully saturated rings. The van der Waals surface area contributed by atoms with Crippen LogP contribution in [0.3, 0.4) is 0 Å². The van der Waals surface area contributed by atoms with Crippen LogP contribution in [0.5, 0.6) is 0 Å². The van der Waals surface area contributed by atoms with Crippen molar-refractivity contribution in [3.05, 3.63) is 30.1 Å². The molecule has 2 heterocycles. The lowest BCUT2D eigenvalue weighted by Crippen LogP contribution is -2.50. The Kier molecular flexibility index (Phi) is 4.31. The van der Waals surface area contributed by atoms with Gasteiger partial charge < -0.3 is 5.32 Å². The minimum absolute atomic E-state index is 0.693. The van der Waals surface area contributed by atoms with E-state index in [9.17, 15) is 0 Å². The first-order valence-electron chi connectivity index (χ1n) is 6.24. The van der Waals surface area contributed by atoms with E-state index in [4.69, 9.17) is 0 Å². The largest absolute Gasteiger partial charge is 0.314 e. The van der Waals surface area contributed by atoms with Gasteiger partial charge in [0, 0.05) is 44.6 Å². The van der Waals surface area contributed by atoms with E-state index in [0.717, 1.165) is 26.2 Å². The molecule has 1 aromatic heterocycles. The first-order valence-corrected chi connectivity index (χ1v) is 6.24. The van der Waals surface area contributed by atoms with Gasteiger partial charge in [-0.3, -0.25) is 9.88 Å². The lowest BCUT2D eigenvalue weighted by atomic mass is 10.1. The third kappa shape index (κ3) is 3.03. The fourth-order valence-corrected chi connectivity index (χ4v) is 2.36. The number of piperazine rings is 1. The first-order chi connectivity index (χ1) is 7.90. The van der Waals surface area contributed by atoms with Crippen LogP contribution < -0.4 is 5.32 Å². The molecular weight excluding hydrogens is 198 g/mol. The Bertz CT molecular complexity index is 297. The Morgan fingerprint density at radius 1 is 1.56 bits per heavy atom. The molecule has 1 aliphatic heterocycles. The Hall–Kier alpha value is -0.930. The summed E-state index contributed by atoms with van der Waals surface area (Å²) in [5, 5.41) is 3.48. The summed E-state index contributed by atoms with van der Waals surface area (Å²) in [5.74, 6) is 0. The maximum absolute atomic E-state index is 4.18. The monoisotopic (exact) mass is 219 g/mol. The van der Waals surface area contributed by atoms with E-state index in [-0.39, 0.29) is 0 Å². The summed E-state index contributed by atoms with van der Waals surface area (Å²) in [6, 6.07) is 4.88. The van der Waals surface area contributed by atoms with Crippen molar-refractivity contribution in [1.29, 1.82) is 0 Å². The summed E-state index contributed by atoms with van der Waals surface area (Å²) >= 11 is 0. The van der Waals surface area contributed by atoms with Crippen LogP contribution in [-0.2, 0) is 6.54 Å². The second-order valence-corrected chi connectivity index (χ2v) is 4.48. The van der Waals surface area contributed by atoms with Crippen molar-refractivity contribution in [3.63, 3.8) is 0 Å². The molecule has 1 atom stereocenters. The van der Waals surface area contributed by atoms with Gasteiger partial charge in [-0.15, -0.1) is 0 Å². The van der Waals surface area contributed by atoms with Crippen molar-refractivity contribution < 1.29 is 0 Å². The zero-order valence-corrected chi connectivity index (χ0v) is 10.0. The van der Waals surface area contributed by atoms with Crippen molar-refractivity contribution in [2.75, 3.05) is 19.6 Å². The number of pyridine rings is 1. The van der Waals surface area contributed by atoms with E-state index in [1.807, 2.05) is 18.5 Å². The molecule has 0 bridgehead atoms. The Labute approximate surface area is 97.9 Å². The molecule has 88 valence electrons. The van der Waals surface area contributed by atoms with Gasteiger partial charge in [0.15, 0.2) is 0 Å². The quantitative estimate of drug-likeness (QED) is 0.834. The third-order valence-corrected chi connectivity index (χ3v) is 3.20. The normalized spacial score (nSPS) is 22.2. The Balaban J connectivity index is 1.96. The van der Waals surface area contributed by atoms with Crippen molar-refractivity contribution in [2.45, 2.75) is 32.4 Å². The molecule has 3 heteroatoms. The van der Waals surface area contributed by atoms with Crippen molar-refractivity contribution >= 4 is 0 Å². The van der Waals surface area contributed by atoms with Crippen LogP contribution in [-0.4, -0.2) is 35.6 Å². The van der Waals surface area contributed by atoms with E-state index in [0.29, 0.717) is 6.04 Å². The van der Waals surface area contributed by atoms with Gasteiger partial charge in [-0.1, -0.05) is 19.4 Å². The second-order valence-electron chi connectivity index (χ2n) is 4.48. The lowest BCUT2D eigenvalue weighted by Gasteiger charge is -2.36. The van der Waals surface area contributed by atoms with E-state index in [2.05, 4.69) is 28.2 Å². The summed E-state index contributed by atoms with van der Waals surface area (Å²) in [7, 11) is 0. The molecule has 1 saturated heterocycles. The van der Waals surface area contributed by atoms with Crippen LogP contribution in [0.25, 0.3) is 0 Å². The van der Waals surface area contributed by atoms with Crippen LogP contribution >= 0.6 is 0 Å². The minimum atomic E-state index is 0.693. The van der Waals surface area contributed by atoms with Crippen LogP contribution in [0.15, 0.2) is 24.5 Å². The van der Waals surface area contributed by atoms with Crippen LogP contribution in [0.2, 0.25) is 0 Å². The fourth-order valence-electron chi connectivity index (χ4n) is 2.36. The van der Waals surface area contributed by atoms with Gasteiger partial charge in [-0.2, -0.15) is 0 Å². The Morgan fingerprint density at radius 3 is 3.25 bits per heavy atom. The standard InChI is InChI=1S/C13H21N3/c1-2-4-13-10-15-7-8-16(13)11-12-5-3-6-14-9-12/h3,5-6,9,13,15H,2,4,7-8,10-11H2,1H3/t13-/m0/s1. The molecular formula is C13H21N3. The summed E-state index contributed by atoms with van der Waals surface area (Å²) in [6.07, 6.45) is 6.36. The molecule has 1 aliphatic rings. The highest BCUT2D eigenvalue weighted by Crippen LogP contribution is 2.13. The summed E-state index contributed by atoms with van der Waals surface area (Å²) in [6.45, 7) is 6.70. The highest BCUT2D eigenvalue weighted by Gasteiger charge is 2.20. The molecule has 1 aromatic rings. The highest BCUT2D eigenvalue weighted by atomic mass is 15.2. The lowest BCUT2D eigenvalue weighted by molar-refractivity contribution is 0.144. The predicted octanol–water partition coefficient (Wildman–Crippen LogP) is 1.66. The van der Waals surface area contributed by atoms with E-state index in [1.165, 1.54) is 18.4 Å². The maximum Gasteiger partial charge on any atom is 0.0312 e. The summed E-state index contributed by atoms with van der Waals surface area (Å²) < 4.78 is 0. The topological polar surface area (TPSA) is 28.2 Å². The van der Waals surface area contributed by atoms with Crippen LogP contribution in [0, 0.1) is 0 Å². The average Bonchev–Trinajstić information content (AvgIpc) is 2.33. The average molecular weight is 219 g/mol. The van der Waals surface area contributed by atoms with E-state index >= 15 is 0 Å². The van der Waals surface area contributed by atoms with Gasteiger partial charge >= 0.3 is 0 Å². The summed E-state index contributed by atoms with van der Waals surface area (Å²) in [4.78, 5) is 6.76. The molecule has 0 saturated carbocycles. The molecule has 0 aliphatic carbocycles. The SMILES string of the molecule is CCC[C@H]1CNCCN1Cc1cccnc1. The van der Waals surface area contributed by atoms with Gasteiger partial charge in [0.25, 0.3) is 0 Å². The number of rotatable bonds is 4. The minimum Gasteiger partial charge on any atom is -0.314 e. The second kappa shape index (κ2) is 5.97. The Morgan fingerprint density at radius 2 is 2.50 bits per heavy atom. The zero-order chi connectivity index (χ0) is 11.2. The van der Waals surface area contributed by atoms with E-state index < -0.39 is 0 Å². The highest BCUT2D eigenvalue weighted by molar-refractivity contribution is 5.08. The van der Waals surface area contributed by atoms with Crippen molar-refractivity contribution in [1.82, 2.24) is 15.2 Å².